The normalized spacial score (nSPS) is 14.8. The molecule has 0 saturated carbocycles. The van der Waals surface area contributed by atoms with Crippen molar-refractivity contribution < 1.29 is 14.4 Å². The van der Waals surface area contributed by atoms with Crippen LogP contribution in [0.1, 0.15) is 0 Å². The van der Waals surface area contributed by atoms with Gasteiger partial charge in [-0.3, -0.25) is 4.79 Å². The predicted molar refractivity (Wildman–Crippen MR) is 80.2 cm³/mol. The zero-order chi connectivity index (χ0) is 15.6. The zero-order valence-electron chi connectivity index (χ0n) is 10.6. The number of nitrogens with one attached hydrogen (secondary N) is 1. The highest BCUT2D eigenvalue weighted by Gasteiger charge is 2.40. The minimum Gasteiger partial charge on any atom is -0.336 e. The number of imide groups is 2. The van der Waals surface area contributed by atoms with E-state index in [9.17, 15) is 14.4 Å². The van der Waals surface area contributed by atoms with E-state index in [4.69, 9.17) is 34.8 Å². The van der Waals surface area contributed by atoms with Crippen LogP contribution in [0, 0.1) is 0 Å². The van der Waals surface area contributed by atoms with E-state index < -0.39 is 18.0 Å². The van der Waals surface area contributed by atoms with Gasteiger partial charge in [-0.15, -0.1) is 11.6 Å². The van der Waals surface area contributed by atoms with Crippen molar-refractivity contribution in [2.24, 2.45) is 0 Å². The van der Waals surface area contributed by atoms with Crippen molar-refractivity contribution in [3.63, 3.8) is 0 Å². The summed E-state index contributed by atoms with van der Waals surface area (Å²) in [6, 6.07) is 2.88. The molecule has 1 fully saturated rings. The minimum absolute atomic E-state index is 0.196. The third kappa shape index (κ3) is 3.40. The molecule has 1 aromatic carbocycles. The fraction of sp³-hybridized carbons (Fsp3) is 0.250. The number of hydrogen-bond donors (Lipinski definition) is 1. The van der Waals surface area contributed by atoms with Crippen LogP contribution in [0.2, 0.25) is 10.0 Å². The van der Waals surface area contributed by atoms with Crippen LogP contribution in [0.15, 0.2) is 18.2 Å². The van der Waals surface area contributed by atoms with Gasteiger partial charge in [0.25, 0.3) is 5.91 Å². The summed E-state index contributed by atoms with van der Waals surface area (Å²) < 4.78 is 0. The number of benzene rings is 1. The van der Waals surface area contributed by atoms with Gasteiger partial charge in [0.2, 0.25) is 0 Å². The Balaban J connectivity index is 2.24. The van der Waals surface area contributed by atoms with Crippen LogP contribution in [0.3, 0.4) is 0 Å². The average molecular weight is 351 g/mol. The highest BCUT2D eigenvalue weighted by molar-refractivity contribution is 6.35. The molecule has 21 heavy (non-hydrogen) atoms. The maximum atomic E-state index is 12.2. The fourth-order valence-corrected chi connectivity index (χ4v) is 2.44. The Morgan fingerprint density at radius 2 is 1.81 bits per heavy atom. The van der Waals surface area contributed by atoms with Gasteiger partial charge in [-0.2, -0.15) is 0 Å². The lowest BCUT2D eigenvalue weighted by Crippen LogP contribution is -2.43. The summed E-state index contributed by atoms with van der Waals surface area (Å²) in [6.07, 6.45) is 0. The smallest absolute Gasteiger partial charge is 0.336 e. The topological polar surface area (TPSA) is 69.7 Å². The Morgan fingerprint density at radius 3 is 2.38 bits per heavy atom. The molecule has 1 aliphatic rings. The summed E-state index contributed by atoms with van der Waals surface area (Å²) in [5.74, 6) is -0.339. The van der Waals surface area contributed by atoms with E-state index in [0.29, 0.717) is 0 Å². The first-order chi connectivity index (χ1) is 9.93. The van der Waals surface area contributed by atoms with Crippen LogP contribution >= 0.6 is 34.8 Å². The third-order valence-corrected chi connectivity index (χ3v) is 3.31. The first-order valence-corrected chi connectivity index (χ1v) is 7.17. The molecule has 5 amide bonds. The molecule has 0 atom stereocenters. The number of amides is 5. The molecule has 1 heterocycles. The molecule has 0 radical (unpaired) electrons. The Hall–Kier alpha value is -1.50. The van der Waals surface area contributed by atoms with Crippen molar-refractivity contribution in [3.8, 4) is 0 Å². The summed E-state index contributed by atoms with van der Waals surface area (Å²) in [7, 11) is 0. The highest BCUT2D eigenvalue weighted by atomic mass is 35.5. The first kappa shape index (κ1) is 15.9. The minimum atomic E-state index is -0.759. The summed E-state index contributed by atoms with van der Waals surface area (Å²) >= 11 is 17.2. The van der Waals surface area contributed by atoms with Gasteiger partial charge in [0, 0.05) is 22.5 Å². The molecule has 0 aliphatic carbocycles. The van der Waals surface area contributed by atoms with Crippen molar-refractivity contribution in [1.82, 2.24) is 10.2 Å². The summed E-state index contributed by atoms with van der Waals surface area (Å²) in [5, 5.41) is 2.98. The number of rotatable bonds is 3. The molecule has 0 unspecified atom stereocenters. The van der Waals surface area contributed by atoms with Crippen LogP contribution in [0.5, 0.6) is 0 Å². The van der Waals surface area contributed by atoms with E-state index in [2.05, 4.69) is 5.32 Å². The molecular weight excluding hydrogens is 341 g/mol. The van der Waals surface area contributed by atoms with Gasteiger partial charge in [-0.1, -0.05) is 23.2 Å². The largest absolute Gasteiger partial charge is 0.340 e. The van der Waals surface area contributed by atoms with E-state index in [0.717, 1.165) is 9.80 Å². The van der Waals surface area contributed by atoms with Crippen LogP contribution in [-0.4, -0.2) is 41.8 Å². The number of urea groups is 2. The van der Waals surface area contributed by atoms with Gasteiger partial charge in [0.1, 0.15) is 6.54 Å². The van der Waals surface area contributed by atoms with Crippen molar-refractivity contribution in [3.05, 3.63) is 28.2 Å². The fourth-order valence-electron chi connectivity index (χ4n) is 1.83. The second-order valence-electron chi connectivity index (χ2n) is 4.15. The van der Waals surface area contributed by atoms with Crippen molar-refractivity contribution >= 4 is 58.5 Å². The van der Waals surface area contributed by atoms with Crippen molar-refractivity contribution in [1.29, 1.82) is 0 Å². The Bertz CT molecular complexity index is 588. The monoisotopic (exact) mass is 349 g/mol. The van der Waals surface area contributed by atoms with E-state index in [1.165, 1.54) is 18.2 Å². The number of anilines is 1. The first-order valence-electron chi connectivity index (χ1n) is 5.88. The van der Waals surface area contributed by atoms with Gasteiger partial charge in [-0.05, 0) is 18.2 Å². The second kappa shape index (κ2) is 6.51. The lowest BCUT2D eigenvalue weighted by molar-refractivity contribution is -0.116. The number of nitrogens with zero attached hydrogens (tertiary/aromatic N) is 2. The zero-order valence-corrected chi connectivity index (χ0v) is 12.9. The number of alkyl halides is 1. The molecule has 0 bridgehead atoms. The maximum absolute atomic E-state index is 12.2. The van der Waals surface area contributed by atoms with Gasteiger partial charge < -0.3 is 5.32 Å². The molecular formula is C12H10Cl3N3O3. The summed E-state index contributed by atoms with van der Waals surface area (Å²) in [5.41, 5.74) is 0.218. The maximum Gasteiger partial charge on any atom is 0.340 e. The van der Waals surface area contributed by atoms with Gasteiger partial charge >= 0.3 is 12.1 Å². The predicted octanol–water partition coefficient (Wildman–Crippen LogP) is 2.71. The van der Waals surface area contributed by atoms with Crippen LogP contribution in [-0.2, 0) is 4.79 Å². The third-order valence-electron chi connectivity index (χ3n) is 2.69. The van der Waals surface area contributed by atoms with E-state index in [1.807, 2.05) is 0 Å². The lowest BCUT2D eigenvalue weighted by Gasteiger charge is -2.16. The second-order valence-corrected chi connectivity index (χ2v) is 5.40. The Kier molecular flexibility index (Phi) is 4.92. The van der Waals surface area contributed by atoms with Gasteiger partial charge in [0.05, 0.1) is 5.69 Å². The molecule has 1 saturated heterocycles. The lowest BCUT2D eigenvalue weighted by atomic mass is 10.3. The number of carbonyl (C=O) groups excluding carboxylic acids is 3. The molecule has 1 aliphatic heterocycles. The number of hydrogen-bond acceptors (Lipinski definition) is 3. The summed E-state index contributed by atoms with van der Waals surface area (Å²) in [6.45, 7) is -0.154. The number of carbonyl (C=O) groups is 3. The molecule has 112 valence electrons. The van der Waals surface area contributed by atoms with Crippen LogP contribution in [0.4, 0.5) is 15.3 Å². The van der Waals surface area contributed by atoms with Gasteiger partial charge in [-0.25, -0.2) is 19.4 Å². The molecule has 9 heteroatoms. The quantitative estimate of drug-likeness (QED) is 0.673. The Labute approximate surface area is 135 Å². The SMILES string of the molecule is O=C(NCCCl)N1CC(=O)N(c2cc(Cl)cc(Cl)c2)C1=O. The van der Waals surface area contributed by atoms with Crippen LogP contribution in [0.25, 0.3) is 0 Å². The molecule has 1 N–H and O–H groups in total. The number of halogens is 3. The molecule has 6 nitrogen and oxygen atoms in total. The van der Waals surface area contributed by atoms with Gasteiger partial charge in [0.15, 0.2) is 0 Å². The average Bonchev–Trinajstić information content (AvgIpc) is 2.70. The molecule has 2 rings (SSSR count). The van der Waals surface area contributed by atoms with Crippen molar-refractivity contribution in [2.75, 3.05) is 23.9 Å². The highest BCUT2D eigenvalue weighted by Crippen LogP contribution is 2.28. The Morgan fingerprint density at radius 1 is 1.19 bits per heavy atom. The molecule has 1 aromatic rings. The van der Waals surface area contributed by atoms with E-state index in [-0.39, 0.29) is 34.7 Å². The standard InChI is InChI=1S/C12H10Cl3N3O3/c13-1-2-16-11(20)17-6-10(19)18(12(17)21)9-4-7(14)3-8(15)5-9/h3-5H,1-2,6H2,(H,16,20). The van der Waals surface area contributed by atoms with Crippen LogP contribution < -0.4 is 10.2 Å². The van der Waals surface area contributed by atoms with E-state index in [1.54, 1.807) is 0 Å². The van der Waals surface area contributed by atoms with Crippen molar-refractivity contribution in [2.45, 2.75) is 0 Å². The van der Waals surface area contributed by atoms with E-state index >= 15 is 0 Å². The molecule has 0 aromatic heterocycles. The summed E-state index contributed by atoms with van der Waals surface area (Å²) in [4.78, 5) is 37.6. The molecule has 0 spiro atoms.